The summed E-state index contributed by atoms with van der Waals surface area (Å²) in [6, 6.07) is 19.5. The minimum atomic E-state index is -0.809. The van der Waals surface area contributed by atoms with Crippen molar-refractivity contribution in [2.75, 3.05) is 53.1 Å². The summed E-state index contributed by atoms with van der Waals surface area (Å²) in [5, 5.41) is 11.6. The average molecular weight is 629 g/mol. The molecule has 3 aromatic rings. The van der Waals surface area contributed by atoms with Crippen molar-refractivity contribution < 1.29 is 33.6 Å². The van der Waals surface area contributed by atoms with Crippen molar-refractivity contribution in [3.05, 3.63) is 94.6 Å². The number of carbonyl (C=O) groups is 2. The molecule has 2 aliphatic rings. The average Bonchev–Trinajstić information content (AvgIpc) is 3.32. The fourth-order valence-electron chi connectivity index (χ4n) is 5.71. The maximum Gasteiger partial charge on any atom is 0.295 e. The maximum absolute atomic E-state index is 13.6. The van der Waals surface area contributed by atoms with Gasteiger partial charge in [-0.15, -0.1) is 0 Å². The van der Waals surface area contributed by atoms with Gasteiger partial charge in [0.25, 0.3) is 11.7 Å². The largest absolute Gasteiger partial charge is 0.507 e. The Bertz CT molecular complexity index is 1540. The minimum absolute atomic E-state index is 0.0380. The quantitative estimate of drug-likeness (QED) is 0.145. The van der Waals surface area contributed by atoms with Crippen molar-refractivity contribution in [3.8, 4) is 17.2 Å². The van der Waals surface area contributed by atoms with Gasteiger partial charge in [0.1, 0.15) is 18.1 Å². The first kappa shape index (κ1) is 33.0. The second-order valence-electron chi connectivity index (χ2n) is 12.1. The van der Waals surface area contributed by atoms with Gasteiger partial charge in [-0.3, -0.25) is 14.5 Å². The lowest BCUT2D eigenvalue weighted by Gasteiger charge is -2.31. The Hall–Kier alpha value is -4.34. The summed E-state index contributed by atoms with van der Waals surface area (Å²) in [7, 11) is 1.56. The second kappa shape index (κ2) is 15.3. The number of carbonyl (C=O) groups excluding carboxylic acids is 2. The van der Waals surface area contributed by atoms with Crippen LogP contribution in [0.15, 0.2) is 72.3 Å². The number of hydrogen-bond donors (Lipinski definition) is 1. The van der Waals surface area contributed by atoms with Gasteiger partial charge >= 0.3 is 0 Å². The summed E-state index contributed by atoms with van der Waals surface area (Å²) in [5.74, 6) is 0.590. The molecule has 1 N–H and O–H groups in total. The van der Waals surface area contributed by atoms with Crippen molar-refractivity contribution in [3.63, 3.8) is 0 Å². The molecular formula is C37H44N2O7. The Morgan fingerprint density at radius 1 is 0.957 bits per heavy atom. The van der Waals surface area contributed by atoms with E-state index in [9.17, 15) is 14.7 Å². The molecular weight excluding hydrogens is 584 g/mol. The van der Waals surface area contributed by atoms with Crippen LogP contribution in [-0.4, -0.2) is 79.7 Å². The normalized spacial score (nSPS) is 18.3. The molecule has 1 unspecified atom stereocenters. The van der Waals surface area contributed by atoms with E-state index in [-0.39, 0.29) is 11.3 Å². The summed E-state index contributed by atoms with van der Waals surface area (Å²) in [5.41, 5.74) is 3.32. The van der Waals surface area contributed by atoms with Crippen molar-refractivity contribution in [1.29, 1.82) is 0 Å². The molecule has 2 heterocycles. The Balaban J connectivity index is 1.45. The number of morpholine rings is 1. The van der Waals surface area contributed by atoms with E-state index < -0.39 is 17.7 Å². The van der Waals surface area contributed by atoms with Crippen LogP contribution in [0.5, 0.6) is 17.2 Å². The number of hydrogen-bond acceptors (Lipinski definition) is 8. The molecule has 0 spiro atoms. The molecule has 2 fully saturated rings. The van der Waals surface area contributed by atoms with Crippen molar-refractivity contribution in [1.82, 2.24) is 9.80 Å². The molecule has 1 atom stereocenters. The fourth-order valence-corrected chi connectivity index (χ4v) is 5.71. The topological polar surface area (TPSA) is 97.8 Å². The number of ether oxygens (including phenoxy) is 4. The lowest BCUT2D eigenvalue weighted by Crippen LogP contribution is -2.42. The predicted octanol–water partition coefficient (Wildman–Crippen LogP) is 5.76. The molecule has 46 heavy (non-hydrogen) atoms. The van der Waals surface area contributed by atoms with Crippen LogP contribution in [0.3, 0.4) is 0 Å². The highest BCUT2D eigenvalue weighted by molar-refractivity contribution is 6.46. The fraction of sp³-hybridized carbons (Fsp3) is 0.405. The lowest BCUT2D eigenvalue weighted by atomic mass is 9.95. The number of likely N-dealkylation sites (tertiary alicyclic amines) is 1. The SMILES string of the molecule is COc1cc(C2/C(=C(\O)c3ccc(OCc4ccccc4C)cc3)C(=O)C(=O)N2CCN2CCOCC2)ccc1OCCC(C)C. The molecule has 244 valence electrons. The number of aliphatic hydroxyl groups excluding tert-OH is 1. The number of nitrogens with zero attached hydrogens (tertiary/aromatic N) is 2. The van der Waals surface area contributed by atoms with E-state index in [2.05, 4.69) is 18.7 Å². The molecule has 0 saturated carbocycles. The standard InChI is InChI=1S/C37H44N2O7/c1-25(2)15-20-45-31-14-11-28(23-32(31)43-4)34-33(36(41)37(42)39(34)17-16-38-18-21-44-22-19-38)35(40)27-9-12-30(13-10-27)46-24-29-8-6-5-7-26(29)3/h5-14,23,25,34,40H,15-22,24H2,1-4H3/b35-33+. The summed E-state index contributed by atoms with van der Waals surface area (Å²) in [4.78, 5) is 30.9. The van der Waals surface area contributed by atoms with Gasteiger partial charge in [0, 0.05) is 31.7 Å². The molecule has 0 radical (unpaired) electrons. The third-order valence-corrected chi connectivity index (χ3v) is 8.54. The van der Waals surface area contributed by atoms with Gasteiger partial charge < -0.3 is 29.0 Å². The number of amides is 1. The van der Waals surface area contributed by atoms with Gasteiger partial charge in [-0.1, -0.05) is 44.2 Å². The molecule has 9 heteroatoms. The molecule has 2 saturated heterocycles. The first-order valence-electron chi connectivity index (χ1n) is 15.9. The summed E-state index contributed by atoms with van der Waals surface area (Å²) in [6.07, 6.45) is 0.891. The highest BCUT2D eigenvalue weighted by Gasteiger charge is 2.46. The highest BCUT2D eigenvalue weighted by Crippen LogP contribution is 2.42. The Morgan fingerprint density at radius 2 is 1.70 bits per heavy atom. The number of methoxy groups -OCH3 is 1. The first-order chi connectivity index (χ1) is 22.3. The van der Waals surface area contributed by atoms with Crippen LogP contribution in [0, 0.1) is 12.8 Å². The van der Waals surface area contributed by atoms with E-state index in [0.717, 1.165) is 30.6 Å². The maximum atomic E-state index is 13.6. The van der Waals surface area contributed by atoms with Crippen LogP contribution >= 0.6 is 0 Å². The van der Waals surface area contributed by atoms with Gasteiger partial charge in [-0.2, -0.15) is 0 Å². The minimum Gasteiger partial charge on any atom is -0.507 e. The van der Waals surface area contributed by atoms with Crippen molar-refractivity contribution in [2.24, 2.45) is 5.92 Å². The number of aliphatic hydroxyl groups is 1. The van der Waals surface area contributed by atoms with Gasteiger partial charge in [-0.25, -0.2) is 0 Å². The zero-order valence-corrected chi connectivity index (χ0v) is 27.2. The number of ketones is 1. The van der Waals surface area contributed by atoms with Crippen LogP contribution in [0.4, 0.5) is 0 Å². The van der Waals surface area contributed by atoms with E-state index in [4.69, 9.17) is 18.9 Å². The predicted molar refractivity (Wildman–Crippen MR) is 176 cm³/mol. The van der Waals surface area contributed by atoms with E-state index in [1.54, 1.807) is 48.4 Å². The smallest absolute Gasteiger partial charge is 0.295 e. The molecule has 2 aliphatic heterocycles. The monoisotopic (exact) mass is 628 g/mol. The number of benzene rings is 3. The first-order valence-corrected chi connectivity index (χ1v) is 15.9. The van der Waals surface area contributed by atoms with Crippen LogP contribution in [-0.2, 0) is 20.9 Å². The molecule has 3 aromatic carbocycles. The van der Waals surface area contributed by atoms with Crippen LogP contribution in [0.2, 0.25) is 0 Å². The van der Waals surface area contributed by atoms with Gasteiger partial charge in [0.15, 0.2) is 11.5 Å². The number of rotatable bonds is 13. The molecule has 5 rings (SSSR count). The molecule has 0 aromatic heterocycles. The van der Waals surface area contributed by atoms with Crippen LogP contribution in [0.25, 0.3) is 5.76 Å². The van der Waals surface area contributed by atoms with E-state index in [1.807, 2.05) is 37.3 Å². The molecule has 0 bridgehead atoms. The van der Waals surface area contributed by atoms with E-state index in [0.29, 0.717) is 73.8 Å². The Labute approximate surface area is 271 Å². The molecule has 9 nitrogen and oxygen atoms in total. The summed E-state index contributed by atoms with van der Waals surface area (Å²) in [6.45, 7) is 10.9. The van der Waals surface area contributed by atoms with Gasteiger partial charge in [0.2, 0.25) is 0 Å². The van der Waals surface area contributed by atoms with Crippen LogP contribution in [0.1, 0.15) is 48.6 Å². The number of aryl methyl sites for hydroxylation is 1. The van der Waals surface area contributed by atoms with Crippen molar-refractivity contribution in [2.45, 2.75) is 39.8 Å². The van der Waals surface area contributed by atoms with E-state index >= 15 is 0 Å². The van der Waals surface area contributed by atoms with E-state index in [1.165, 1.54) is 0 Å². The third kappa shape index (κ3) is 7.71. The van der Waals surface area contributed by atoms with Crippen LogP contribution < -0.4 is 14.2 Å². The third-order valence-electron chi connectivity index (χ3n) is 8.54. The summed E-state index contributed by atoms with van der Waals surface area (Å²) >= 11 is 0. The zero-order chi connectivity index (χ0) is 32.6. The van der Waals surface area contributed by atoms with Gasteiger partial charge in [-0.05, 0) is 72.4 Å². The lowest BCUT2D eigenvalue weighted by molar-refractivity contribution is -0.140. The highest BCUT2D eigenvalue weighted by atomic mass is 16.5. The summed E-state index contributed by atoms with van der Waals surface area (Å²) < 4.78 is 23.1. The Morgan fingerprint density at radius 3 is 2.39 bits per heavy atom. The zero-order valence-electron chi connectivity index (χ0n) is 27.2. The second-order valence-corrected chi connectivity index (χ2v) is 12.1. The molecule has 0 aliphatic carbocycles. The van der Waals surface area contributed by atoms with Gasteiger partial charge in [0.05, 0.1) is 38.5 Å². The molecule has 1 amide bonds. The Kier molecular flexibility index (Phi) is 11.0. The van der Waals surface area contributed by atoms with Crippen molar-refractivity contribution >= 4 is 17.4 Å². The number of Topliss-reactive ketones (excluding diaryl/α,β-unsaturated/α-hetero) is 1.